The first kappa shape index (κ1) is 24.2. The van der Waals surface area contributed by atoms with E-state index in [0.717, 1.165) is 22.6 Å². The number of nitrogens with one attached hydrogen (secondary N) is 1. The molecule has 3 aromatic heterocycles. The molecule has 0 aliphatic heterocycles. The van der Waals surface area contributed by atoms with Crippen molar-refractivity contribution in [2.24, 2.45) is 0 Å². The third-order valence-electron chi connectivity index (χ3n) is 5.92. The number of benzene rings is 2. The van der Waals surface area contributed by atoms with Crippen LogP contribution in [0, 0.1) is 27.7 Å². The molecule has 10 nitrogen and oxygen atoms in total. The van der Waals surface area contributed by atoms with E-state index in [1.807, 2.05) is 20.8 Å². The highest BCUT2D eigenvalue weighted by Gasteiger charge is 2.15. The lowest BCUT2D eigenvalue weighted by Crippen LogP contribution is -2.13. The van der Waals surface area contributed by atoms with Crippen LogP contribution in [-0.2, 0) is 10.0 Å². The first-order valence-electron chi connectivity index (χ1n) is 11.5. The molecule has 0 aliphatic carbocycles. The van der Waals surface area contributed by atoms with E-state index in [4.69, 9.17) is 4.74 Å². The summed E-state index contributed by atoms with van der Waals surface area (Å²) in [6.45, 7) is 7.75. The van der Waals surface area contributed by atoms with Crippen LogP contribution >= 0.6 is 0 Å². The molecule has 0 saturated heterocycles. The van der Waals surface area contributed by atoms with E-state index in [-0.39, 0.29) is 4.90 Å². The highest BCUT2D eigenvalue weighted by molar-refractivity contribution is 7.92. The summed E-state index contributed by atoms with van der Waals surface area (Å²) in [5.74, 6) is 2.01. The highest BCUT2D eigenvalue weighted by Crippen LogP contribution is 2.25. The highest BCUT2D eigenvalue weighted by atomic mass is 32.2. The molecule has 0 radical (unpaired) electrons. The van der Waals surface area contributed by atoms with Crippen LogP contribution in [0.3, 0.4) is 0 Å². The lowest BCUT2D eigenvalue weighted by Gasteiger charge is -2.11. The van der Waals surface area contributed by atoms with Gasteiger partial charge >= 0.3 is 0 Å². The molecule has 5 aromatic rings. The van der Waals surface area contributed by atoms with Gasteiger partial charge in [0.1, 0.15) is 11.6 Å². The molecule has 0 fully saturated rings. The fraction of sp³-hybridized carbons (Fsp3) is 0.154. The fourth-order valence-electron chi connectivity index (χ4n) is 3.76. The second kappa shape index (κ2) is 9.51. The van der Waals surface area contributed by atoms with E-state index in [1.165, 1.54) is 12.1 Å². The van der Waals surface area contributed by atoms with Crippen molar-refractivity contribution in [3.63, 3.8) is 0 Å². The summed E-state index contributed by atoms with van der Waals surface area (Å²) in [7, 11) is -3.77. The summed E-state index contributed by atoms with van der Waals surface area (Å²) in [6, 6.07) is 16.6. The van der Waals surface area contributed by atoms with Gasteiger partial charge < -0.3 is 4.74 Å². The Kier molecular flexibility index (Phi) is 6.22. The zero-order valence-corrected chi connectivity index (χ0v) is 21.6. The maximum Gasteiger partial charge on any atom is 0.261 e. The lowest BCUT2D eigenvalue weighted by molar-refractivity contribution is 0.459. The number of ether oxygens (including phenoxy) is 1. The van der Waals surface area contributed by atoms with Crippen LogP contribution in [0.15, 0.2) is 78.0 Å². The van der Waals surface area contributed by atoms with Gasteiger partial charge in [0.25, 0.3) is 10.0 Å². The largest absolute Gasteiger partial charge is 0.439 e. The molecular weight excluding hydrogens is 490 g/mol. The van der Waals surface area contributed by atoms with Gasteiger partial charge in [-0.2, -0.15) is 15.2 Å². The van der Waals surface area contributed by atoms with Crippen LogP contribution < -0.4 is 9.46 Å². The van der Waals surface area contributed by atoms with Crippen molar-refractivity contribution in [1.82, 2.24) is 29.5 Å². The topological polar surface area (TPSA) is 117 Å². The van der Waals surface area contributed by atoms with Gasteiger partial charge in [0, 0.05) is 29.8 Å². The van der Waals surface area contributed by atoms with Crippen molar-refractivity contribution in [2.75, 3.05) is 4.72 Å². The monoisotopic (exact) mass is 515 g/mol. The Balaban J connectivity index is 1.31. The Labute approximate surface area is 214 Å². The first-order valence-corrected chi connectivity index (χ1v) is 13.0. The maximum atomic E-state index is 12.8. The van der Waals surface area contributed by atoms with Crippen LogP contribution in [0.1, 0.15) is 22.8 Å². The van der Waals surface area contributed by atoms with E-state index in [2.05, 4.69) is 24.9 Å². The van der Waals surface area contributed by atoms with Crippen molar-refractivity contribution >= 4 is 15.7 Å². The minimum atomic E-state index is -3.77. The first-order chi connectivity index (χ1) is 17.7. The molecule has 37 heavy (non-hydrogen) atoms. The number of aryl methyl sites for hydroxylation is 2. The fourth-order valence-corrected chi connectivity index (χ4v) is 4.81. The normalized spacial score (nSPS) is 11.5. The molecule has 0 unspecified atom stereocenters. The minimum absolute atomic E-state index is 0.145. The standard InChI is InChI=1S/C26H25N7O3S/c1-17-18(2)30-33(19(17)3)25-16-26(29-20(4)28-25)36-23-10-6-21(7-11-23)31-37(34,35)24-12-8-22(9-13-24)32-15-5-14-27-32/h5-16,31H,1-4H3. The molecule has 1 N–H and O–H groups in total. The Morgan fingerprint density at radius 1 is 0.919 bits per heavy atom. The number of hydrogen-bond acceptors (Lipinski definition) is 7. The average Bonchev–Trinajstić information content (AvgIpc) is 3.50. The zero-order valence-electron chi connectivity index (χ0n) is 20.7. The molecule has 0 spiro atoms. The SMILES string of the molecule is Cc1nc(Oc2ccc(NS(=O)(=O)c3ccc(-n4cccn4)cc3)cc2)cc(-n2nc(C)c(C)c2C)n1. The summed E-state index contributed by atoms with van der Waals surface area (Å²) in [6.07, 6.45) is 3.45. The van der Waals surface area contributed by atoms with Gasteiger partial charge in [-0.1, -0.05) is 0 Å². The predicted octanol–water partition coefficient (Wildman–Crippen LogP) is 4.67. The van der Waals surface area contributed by atoms with E-state index in [0.29, 0.717) is 29.0 Å². The van der Waals surface area contributed by atoms with Crippen molar-refractivity contribution in [2.45, 2.75) is 32.6 Å². The molecule has 0 atom stereocenters. The molecule has 0 bridgehead atoms. The molecule has 5 rings (SSSR count). The molecule has 0 amide bonds. The zero-order chi connectivity index (χ0) is 26.2. The third kappa shape index (κ3) is 5.07. The summed E-state index contributed by atoms with van der Waals surface area (Å²) < 4.78 is 37.7. The van der Waals surface area contributed by atoms with Crippen molar-refractivity contribution < 1.29 is 13.2 Å². The summed E-state index contributed by atoms with van der Waals surface area (Å²) in [5, 5.41) is 8.70. The summed E-state index contributed by atoms with van der Waals surface area (Å²) in [5.41, 5.74) is 4.20. The Hall–Kier alpha value is -4.51. The number of sulfonamides is 1. The van der Waals surface area contributed by atoms with Crippen LogP contribution in [0.25, 0.3) is 11.5 Å². The van der Waals surface area contributed by atoms with E-state index < -0.39 is 10.0 Å². The maximum absolute atomic E-state index is 12.8. The summed E-state index contributed by atoms with van der Waals surface area (Å²) >= 11 is 0. The molecular formula is C26H25N7O3S. The molecule has 3 heterocycles. The second-order valence-corrected chi connectivity index (χ2v) is 10.2. The minimum Gasteiger partial charge on any atom is -0.439 e. The van der Waals surface area contributed by atoms with Gasteiger partial charge in [-0.05, 0) is 87.9 Å². The van der Waals surface area contributed by atoms with Gasteiger partial charge in [0.2, 0.25) is 5.88 Å². The Bertz CT molecular complexity index is 1660. The molecule has 0 aliphatic rings. The average molecular weight is 516 g/mol. The number of hydrogen-bond donors (Lipinski definition) is 1. The molecule has 188 valence electrons. The van der Waals surface area contributed by atoms with Gasteiger partial charge in [0.05, 0.1) is 16.3 Å². The van der Waals surface area contributed by atoms with Gasteiger partial charge in [-0.3, -0.25) is 4.72 Å². The van der Waals surface area contributed by atoms with E-state index >= 15 is 0 Å². The smallest absolute Gasteiger partial charge is 0.261 e. The number of rotatable bonds is 7. The number of aromatic nitrogens is 6. The number of nitrogens with zero attached hydrogens (tertiary/aromatic N) is 6. The second-order valence-electron chi connectivity index (χ2n) is 8.50. The Morgan fingerprint density at radius 2 is 1.65 bits per heavy atom. The lowest BCUT2D eigenvalue weighted by atomic mass is 10.2. The molecule has 2 aromatic carbocycles. The van der Waals surface area contributed by atoms with Crippen molar-refractivity contribution in [3.05, 3.63) is 95.8 Å². The van der Waals surface area contributed by atoms with Crippen LogP contribution in [0.4, 0.5) is 5.69 Å². The molecule has 11 heteroatoms. The van der Waals surface area contributed by atoms with E-state index in [1.54, 1.807) is 77.2 Å². The van der Waals surface area contributed by atoms with Crippen molar-refractivity contribution in [1.29, 1.82) is 0 Å². The van der Waals surface area contributed by atoms with Gasteiger partial charge in [0.15, 0.2) is 5.82 Å². The van der Waals surface area contributed by atoms with Crippen LogP contribution in [0.5, 0.6) is 11.6 Å². The van der Waals surface area contributed by atoms with Gasteiger partial charge in [-0.15, -0.1) is 0 Å². The Morgan fingerprint density at radius 3 is 2.27 bits per heavy atom. The van der Waals surface area contributed by atoms with Crippen LogP contribution in [-0.4, -0.2) is 37.9 Å². The van der Waals surface area contributed by atoms with E-state index in [9.17, 15) is 8.42 Å². The van der Waals surface area contributed by atoms with Gasteiger partial charge in [-0.25, -0.2) is 22.8 Å². The molecule has 0 saturated carbocycles. The third-order valence-corrected chi connectivity index (χ3v) is 7.31. The number of anilines is 1. The quantitative estimate of drug-likeness (QED) is 0.335. The predicted molar refractivity (Wildman–Crippen MR) is 139 cm³/mol. The van der Waals surface area contributed by atoms with Crippen molar-refractivity contribution in [3.8, 4) is 23.1 Å². The summed E-state index contributed by atoms with van der Waals surface area (Å²) in [4.78, 5) is 9.01. The van der Waals surface area contributed by atoms with Crippen LogP contribution in [0.2, 0.25) is 0 Å².